The predicted octanol–water partition coefficient (Wildman–Crippen LogP) is 2.79. The van der Waals surface area contributed by atoms with E-state index in [1.165, 1.54) is 5.56 Å². The van der Waals surface area contributed by atoms with E-state index in [9.17, 15) is 5.26 Å². The van der Waals surface area contributed by atoms with Crippen molar-refractivity contribution in [2.24, 2.45) is 0 Å². The van der Waals surface area contributed by atoms with Gasteiger partial charge in [0, 0.05) is 31.7 Å². The standard InChI is InChI=1S/C16H23N3/c1-13-6-5-7-14(12-17)15(13)18-8-10-19(11-9-18)16(2,3)4/h5-7H,8-11H2,1-4H3. The molecule has 19 heavy (non-hydrogen) atoms. The van der Waals surface area contributed by atoms with E-state index in [4.69, 9.17) is 0 Å². The number of nitriles is 1. The summed E-state index contributed by atoms with van der Waals surface area (Å²) in [5, 5.41) is 9.27. The van der Waals surface area contributed by atoms with E-state index in [1.54, 1.807) is 0 Å². The minimum Gasteiger partial charge on any atom is -0.368 e. The van der Waals surface area contributed by atoms with Crippen LogP contribution >= 0.6 is 0 Å². The lowest BCUT2D eigenvalue weighted by molar-refractivity contribution is 0.128. The van der Waals surface area contributed by atoms with Crippen molar-refractivity contribution in [1.82, 2.24) is 4.90 Å². The molecule has 0 bridgehead atoms. The highest BCUT2D eigenvalue weighted by atomic mass is 15.3. The molecule has 3 nitrogen and oxygen atoms in total. The van der Waals surface area contributed by atoms with Crippen molar-refractivity contribution in [3.8, 4) is 6.07 Å². The van der Waals surface area contributed by atoms with E-state index in [0.29, 0.717) is 0 Å². The number of para-hydroxylation sites is 1. The second-order valence-corrected chi connectivity index (χ2v) is 6.23. The quantitative estimate of drug-likeness (QED) is 0.775. The molecule has 0 aromatic heterocycles. The van der Waals surface area contributed by atoms with E-state index in [-0.39, 0.29) is 5.54 Å². The van der Waals surface area contributed by atoms with Crippen LogP contribution in [-0.2, 0) is 0 Å². The maximum atomic E-state index is 9.27. The third kappa shape index (κ3) is 2.90. The molecule has 1 heterocycles. The van der Waals surface area contributed by atoms with Crippen LogP contribution in [0.15, 0.2) is 18.2 Å². The lowest BCUT2D eigenvalue weighted by Crippen LogP contribution is -2.53. The molecule has 102 valence electrons. The highest BCUT2D eigenvalue weighted by molar-refractivity contribution is 5.64. The molecule has 1 fully saturated rings. The van der Waals surface area contributed by atoms with E-state index < -0.39 is 0 Å². The molecule has 2 rings (SSSR count). The SMILES string of the molecule is Cc1cccc(C#N)c1N1CCN(C(C)(C)C)CC1. The van der Waals surface area contributed by atoms with Gasteiger partial charge in [0.15, 0.2) is 0 Å². The van der Waals surface area contributed by atoms with Gasteiger partial charge in [0.05, 0.1) is 11.3 Å². The predicted molar refractivity (Wildman–Crippen MR) is 79.4 cm³/mol. The molecule has 0 aliphatic carbocycles. The lowest BCUT2D eigenvalue weighted by Gasteiger charge is -2.43. The zero-order chi connectivity index (χ0) is 14.0. The average Bonchev–Trinajstić information content (AvgIpc) is 2.37. The van der Waals surface area contributed by atoms with Gasteiger partial charge in [0.25, 0.3) is 0 Å². The fourth-order valence-electron chi connectivity index (χ4n) is 2.77. The van der Waals surface area contributed by atoms with Gasteiger partial charge in [-0.2, -0.15) is 5.26 Å². The molecular weight excluding hydrogens is 234 g/mol. The number of aryl methyl sites for hydroxylation is 1. The molecule has 1 aliphatic heterocycles. The fraction of sp³-hybridized carbons (Fsp3) is 0.562. The number of benzene rings is 1. The monoisotopic (exact) mass is 257 g/mol. The van der Waals surface area contributed by atoms with E-state index >= 15 is 0 Å². The summed E-state index contributed by atoms with van der Waals surface area (Å²) in [6.07, 6.45) is 0. The van der Waals surface area contributed by atoms with Crippen molar-refractivity contribution in [3.63, 3.8) is 0 Å². The summed E-state index contributed by atoms with van der Waals surface area (Å²) in [6.45, 7) is 13.0. The normalized spacial score (nSPS) is 17.3. The van der Waals surface area contributed by atoms with Gasteiger partial charge in [0.1, 0.15) is 6.07 Å². The summed E-state index contributed by atoms with van der Waals surface area (Å²) < 4.78 is 0. The highest BCUT2D eigenvalue weighted by Gasteiger charge is 2.27. The van der Waals surface area contributed by atoms with Gasteiger partial charge in [-0.25, -0.2) is 0 Å². The van der Waals surface area contributed by atoms with Crippen molar-refractivity contribution in [1.29, 1.82) is 5.26 Å². The average molecular weight is 257 g/mol. The summed E-state index contributed by atoms with van der Waals surface area (Å²) in [4.78, 5) is 4.87. The maximum absolute atomic E-state index is 9.27. The second kappa shape index (κ2) is 5.22. The van der Waals surface area contributed by atoms with Crippen LogP contribution in [0, 0.1) is 18.3 Å². The largest absolute Gasteiger partial charge is 0.368 e. The molecular formula is C16H23N3. The summed E-state index contributed by atoms with van der Waals surface area (Å²) in [7, 11) is 0. The summed E-state index contributed by atoms with van der Waals surface area (Å²) >= 11 is 0. The molecule has 0 atom stereocenters. The minimum atomic E-state index is 0.232. The van der Waals surface area contributed by atoms with Gasteiger partial charge in [-0.1, -0.05) is 12.1 Å². The van der Waals surface area contributed by atoms with E-state index in [2.05, 4.69) is 49.6 Å². The van der Waals surface area contributed by atoms with Gasteiger partial charge < -0.3 is 4.90 Å². The van der Waals surface area contributed by atoms with Gasteiger partial charge in [-0.15, -0.1) is 0 Å². The molecule has 0 N–H and O–H groups in total. The van der Waals surface area contributed by atoms with Crippen LogP contribution in [0.3, 0.4) is 0 Å². The Morgan fingerprint density at radius 1 is 1.11 bits per heavy atom. The van der Waals surface area contributed by atoms with E-state index in [1.807, 2.05) is 12.1 Å². The van der Waals surface area contributed by atoms with Crippen LogP contribution in [0.1, 0.15) is 31.9 Å². The Labute approximate surface area is 116 Å². The molecule has 0 unspecified atom stereocenters. The third-order valence-corrected chi connectivity index (χ3v) is 3.90. The number of piperazine rings is 1. The molecule has 1 saturated heterocycles. The Bertz CT molecular complexity index is 486. The zero-order valence-corrected chi connectivity index (χ0v) is 12.4. The molecule has 1 aromatic rings. The number of nitrogens with zero attached hydrogens (tertiary/aromatic N) is 3. The van der Waals surface area contributed by atoms with Crippen LogP contribution in [0.5, 0.6) is 0 Å². The van der Waals surface area contributed by atoms with Gasteiger partial charge in [-0.05, 0) is 39.3 Å². The van der Waals surface area contributed by atoms with Crippen molar-refractivity contribution in [3.05, 3.63) is 29.3 Å². The topological polar surface area (TPSA) is 30.3 Å². The number of hydrogen-bond acceptors (Lipinski definition) is 3. The second-order valence-electron chi connectivity index (χ2n) is 6.23. The Morgan fingerprint density at radius 3 is 2.26 bits per heavy atom. The van der Waals surface area contributed by atoms with E-state index in [0.717, 1.165) is 37.4 Å². The highest BCUT2D eigenvalue weighted by Crippen LogP contribution is 2.27. The first kappa shape index (κ1) is 13.9. The van der Waals surface area contributed by atoms with Gasteiger partial charge in [0.2, 0.25) is 0 Å². The Morgan fingerprint density at radius 2 is 1.74 bits per heavy atom. The first-order valence-electron chi connectivity index (χ1n) is 6.93. The fourth-order valence-corrected chi connectivity index (χ4v) is 2.77. The first-order valence-corrected chi connectivity index (χ1v) is 6.93. The summed E-state index contributed by atoms with van der Waals surface area (Å²) in [6, 6.07) is 8.29. The molecule has 1 aliphatic rings. The molecule has 0 amide bonds. The van der Waals surface area contributed by atoms with Gasteiger partial charge >= 0.3 is 0 Å². The van der Waals surface area contributed by atoms with Crippen LogP contribution in [-0.4, -0.2) is 36.6 Å². The number of rotatable bonds is 1. The molecule has 1 aromatic carbocycles. The summed E-state index contributed by atoms with van der Waals surface area (Å²) in [5.41, 5.74) is 3.35. The molecule has 0 spiro atoms. The Balaban J connectivity index is 2.17. The van der Waals surface area contributed by atoms with Crippen molar-refractivity contribution in [2.75, 3.05) is 31.1 Å². The van der Waals surface area contributed by atoms with Crippen molar-refractivity contribution < 1.29 is 0 Å². The molecule has 3 heteroatoms. The Kier molecular flexibility index (Phi) is 3.82. The number of anilines is 1. The minimum absolute atomic E-state index is 0.232. The number of hydrogen-bond donors (Lipinski definition) is 0. The summed E-state index contributed by atoms with van der Waals surface area (Å²) in [5.74, 6) is 0. The zero-order valence-electron chi connectivity index (χ0n) is 12.4. The van der Waals surface area contributed by atoms with Crippen LogP contribution in [0.25, 0.3) is 0 Å². The van der Waals surface area contributed by atoms with Crippen LogP contribution in [0.4, 0.5) is 5.69 Å². The van der Waals surface area contributed by atoms with Crippen LogP contribution < -0.4 is 4.90 Å². The molecule has 0 radical (unpaired) electrons. The third-order valence-electron chi connectivity index (χ3n) is 3.90. The van der Waals surface area contributed by atoms with Crippen LogP contribution in [0.2, 0.25) is 0 Å². The lowest BCUT2D eigenvalue weighted by atomic mass is 10.0. The Hall–Kier alpha value is -1.53. The van der Waals surface area contributed by atoms with Gasteiger partial charge in [-0.3, -0.25) is 4.90 Å². The first-order chi connectivity index (χ1) is 8.93. The smallest absolute Gasteiger partial charge is 0.101 e. The maximum Gasteiger partial charge on any atom is 0.101 e. The van der Waals surface area contributed by atoms with Crippen molar-refractivity contribution in [2.45, 2.75) is 33.2 Å². The molecule has 0 saturated carbocycles. The van der Waals surface area contributed by atoms with Crippen molar-refractivity contribution >= 4 is 5.69 Å².